The largest absolute Gasteiger partial charge is 0.508 e. The van der Waals surface area contributed by atoms with Gasteiger partial charge in [-0.1, -0.05) is 35.3 Å². The molecule has 0 aromatic heterocycles. The molecule has 9 heteroatoms. The van der Waals surface area contributed by atoms with Crippen molar-refractivity contribution in [1.82, 2.24) is 5.32 Å². The van der Waals surface area contributed by atoms with Crippen molar-refractivity contribution < 1.29 is 24.5 Å². The first kappa shape index (κ1) is 26.3. The van der Waals surface area contributed by atoms with E-state index >= 15 is 0 Å². The van der Waals surface area contributed by atoms with E-state index in [0.29, 0.717) is 34.3 Å². The zero-order valence-electron chi connectivity index (χ0n) is 16.7. The molecule has 2 aromatic carbocycles. The van der Waals surface area contributed by atoms with Gasteiger partial charge in [0.15, 0.2) is 6.61 Å². The van der Waals surface area contributed by atoms with Crippen LogP contribution < -0.4 is 10.1 Å². The van der Waals surface area contributed by atoms with Crippen molar-refractivity contribution in [3.63, 3.8) is 0 Å². The first-order valence-electron chi connectivity index (χ1n) is 9.28. The second-order valence-electron chi connectivity index (χ2n) is 6.50. The number of carbonyl (C=O) groups is 1. The van der Waals surface area contributed by atoms with E-state index in [4.69, 9.17) is 32.7 Å². The van der Waals surface area contributed by atoms with Gasteiger partial charge in [-0.25, -0.2) is 4.79 Å². The second-order valence-corrected chi connectivity index (χ2v) is 7.31. The summed E-state index contributed by atoms with van der Waals surface area (Å²) >= 11 is 12.5. The van der Waals surface area contributed by atoms with Gasteiger partial charge in [-0.15, -0.1) is 12.4 Å². The molecule has 0 unspecified atom stereocenters. The van der Waals surface area contributed by atoms with Crippen molar-refractivity contribution in [1.29, 1.82) is 0 Å². The molecule has 0 radical (unpaired) electrons. The molecule has 0 amide bonds. The molecule has 30 heavy (non-hydrogen) atoms. The summed E-state index contributed by atoms with van der Waals surface area (Å²) in [6.07, 6.45) is -0.128. The fourth-order valence-corrected chi connectivity index (χ4v) is 3.21. The summed E-state index contributed by atoms with van der Waals surface area (Å²) in [7, 11) is 0. The molecule has 0 aliphatic carbocycles. The maximum absolute atomic E-state index is 11.4. The molecule has 166 valence electrons. The van der Waals surface area contributed by atoms with Crippen LogP contribution in [0.3, 0.4) is 0 Å². The highest BCUT2D eigenvalue weighted by Gasteiger charge is 2.16. The molecule has 0 bridgehead atoms. The molecular formula is C21H26Cl3NO5. The van der Waals surface area contributed by atoms with E-state index in [1.54, 1.807) is 43.3 Å². The summed E-state index contributed by atoms with van der Waals surface area (Å²) in [6.45, 7) is 4.20. The smallest absolute Gasteiger partial charge is 0.344 e. The molecular weight excluding hydrogens is 453 g/mol. The Morgan fingerprint density at radius 3 is 2.47 bits per heavy atom. The minimum Gasteiger partial charge on any atom is -0.508 e. The number of phenolic OH excluding ortho intramolecular Hbond substituents is 1. The van der Waals surface area contributed by atoms with Crippen molar-refractivity contribution in [2.45, 2.75) is 32.4 Å². The summed E-state index contributed by atoms with van der Waals surface area (Å²) in [5, 5.41) is 23.8. The van der Waals surface area contributed by atoms with Crippen LogP contribution in [-0.4, -0.2) is 42.0 Å². The normalized spacial score (nSPS) is 12.6. The number of ether oxygens (including phenoxy) is 2. The number of carbonyl (C=O) groups excluding carboxylic acids is 1. The van der Waals surface area contributed by atoms with Gasteiger partial charge in [0, 0.05) is 17.1 Å². The van der Waals surface area contributed by atoms with Gasteiger partial charge in [-0.2, -0.15) is 0 Å². The Kier molecular flexibility index (Phi) is 11.3. The molecule has 0 heterocycles. The van der Waals surface area contributed by atoms with E-state index in [-0.39, 0.29) is 37.4 Å². The van der Waals surface area contributed by atoms with Gasteiger partial charge in [0.25, 0.3) is 0 Å². The highest BCUT2D eigenvalue weighted by molar-refractivity contribution is 6.34. The summed E-state index contributed by atoms with van der Waals surface area (Å²) in [4.78, 5) is 11.4. The maximum Gasteiger partial charge on any atom is 0.344 e. The van der Waals surface area contributed by atoms with Crippen molar-refractivity contribution in [2.75, 3.05) is 19.8 Å². The highest BCUT2D eigenvalue weighted by atomic mass is 35.5. The number of halogens is 3. The number of benzene rings is 2. The summed E-state index contributed by atoms with van der Waals surface area (Å²) in [6, 6.07) is 9.52. The Morgan fingerprint density at radius 1 is 1.17 bits per heavy atom. The quantitative estimate of drug-likeness (QED) is 0.441. The Hall–Kier alpha value is -1.70. The topological polar surface area (TPSA) is 88.0 Å². The fourth-order valence-electron chi connectivity index (χ4n) is 2.72. The molecule has 0 saturated heterocycles. The lowest BCUT2D eigenvalue weighted by Gasteiger charge is -2.21. The SMILES string of the molecule is CCOC(=O)COc1cc(Cl)c(CCN[C@@H](C)[C@H](O)c2ccc(O)cc2)cc1Cl.Cl. The predicted octanol–water partition coefficient (Wildman–Crippen LogP) is 4.32. The molecule has 0 aliphatic rings. The first-order chi connectivity index (χ1) is 13.8. The van der Waals surface area contributed by atoms with Crippen LogP contribution in [0.4, 0.5) is 0 Å². The minimum atomic E-state index is -0.715. The number of esters is 1. The number of phenols is 1. The molecule has 0 spiro atoms. The lowest BCUT2D eigenvalue weighted by atomic mass is 10.0. The zero-order valence-corrected chi connectivity index (χ0v) is 19.1. The van der Waals surface area contributed by atoms with Crippen LogP contribution in [0.15, 0.2) is 36.4 Å². The fraction of sp³-hybridized carbons (Fsp3) is 0.381. The van der Waals surface area contributed by atoms with Gasteiger partial charge < -0.3 is 25.0 Å². The number of nitrogens with one attached hydrogen (secondary N) is 1. The predicted molar refractivity (Wildman–Crippen MR) is 120 cm³/mol. The van der Waals surface area contributed by atoms with Gasteiger partial charge in [-0.3, -0.25) is 0 Å². The third-order valence-electron chi connectivity index (χ3n) is 4.32. The highest BCUT2D eigenvalue weighted by Crippen LogP contribution is 2.31. The zero-order chi connectivity index (χ0) is 21.4. The molecule has 0 aliphatic heterocycles. The number of aromatic hydroxyl groups is 1. The van der Waals surface area contributed by atoms with E-state index in [1.165, 1.54) is 0 Å². The van der Waals surface area contributed by atoms with Crippen molar-refractivity contribution >= 4 is 41.6 Å². The molecule has 2 atom stereocenters. The maximum atomic E-state index is 11.4. The third kappa shape index (κ3) is 7.85. The van der Waals surface area contributed by atoms with Gasteiger partial charge in [0.2, 0.25) is 0 Å². The second kappa shape index (κ2) is 12.9. The number of hydrogen-bond donors (Lipinski definition) is 3. The van der Waals surface area contributed by atoms with E-state index in [9.17, 15) is 15.0 Å². The summed E-state index contributed by atoms with van der Waals surface area (Å²) < 4.78 is 10.2. The van der Waals surface area contributed by atoms with Crippen LogP contribution in [0.25, 0.3) is 0 Å². The molecule has 0 saturated carbocycles. The average molecular weight is 479 g/mol. The van der Waals surface area contributed by atoms with Crippen LogP contribution in [0.5, 0.6) is 11.5 Å². The number of rotatable bonds is 10. The Balaban J connectivity index is 0.00000450. The van der Waals surface area contributed by atoms with Crippen LogP contribution in [0, 0.1) is 0 Å². The average Bonchev–Trinajstić information content (AvgIpc) is 2.69. The van der Waals surface area contributed by atoms with E-state index < -0.39 is 12.1 Å². The monoisotopic (exact) mass is 477 g/mol. The van der Waals surface area contributed by atoms with Crippen LogP contribution in [0.1, 0.15) is 31.1 Å². The van der Waals surface area contributed by atoms with Crippen molar-refractivity contribution in [3.05, 3.63) is 57.6 Å². The number of aliphatic hydroxyl groups excluding tert-OH is 1. The molecule has 6 nitrogen and oxygen atoms in total. The third-order valence-corrected chi connectivity index (χ3v) is 4.97. The standard InChI is InChI=1S/C21H25Cl2NO5.ClH/c1-3-28-20(26)12-29-19-11-17(22)15(10-18(19)23)8-9-24-13(2)21(27)14-4-6-16(25)7-5-14;/h4-7,10-11,13,21,24-25,27H,3,8-9,12H2,1-2H3;1H/t13-,21-;/m0./s1. The number of aliphatic hydroxyl groups is 1. The molecule has 2 aromatic rings. The van der Waals surface area contributed by atoms with Gasteiger partial charge in [0.05, 0.1) is 17.7 Å². The lowest BCUT2D eigenvalue weighted by molar-refractivity contribution is -0.145. The Labute approximate surface area is 192 Å². The molecule has 0 fully saturated rings. The first-order valence-corrected chi connectivity index (χ1v) is 10.0. The van der Waals surface area contributed by atoms with Gasteiger partial charge >= 0.3 is 5.97 Å². The molecule has 3 N–H and O–H groups in total. The van der Waals surface area contributed by atoms with Crippen LogP contribution in [0.2, 0.25) is 10.0 Å². The number of hydrogen-bond acceptors (Lipinski definition) is 6. The summed E-state index contributed by atoms with van der Waals surface area (Å²) in [5.74, 6) is -0.00514. The van der Waals surface area contributed by atoms with E-state index in [1.807, 2.05) is 6.92 Å². The Bertz CT molecular complexity index is 817. The van der Waals surface area contributed by atoms with Crippen molar-refractivity contribution in [3.8, 4) is 11.5 Å². The van der Waals surface area contributed by atoms with Gasteiger partial charge in [0.1, 0.15) is 11.5 Å². The molecule has 2 rings (SSSR count). The van der Waals surface area contributed by atoms with E-state index in [2.05, 4.69) is 5.32 Å². The van der Waals surface area contributed by atoms with Crippen molar-refractivity contribution in [2.24, 2.45) is 0 Å². The van der Waals surface area contributed by atoms with Crippen LogP contribution >= 0.6 is 35.6 Å². The van der Waals surface area contributed by atoms with E-state index in [0.717, 1.165) is 5.56 Å². The Morgan fingerprint density at radius 2 is 1.83 bits per heavy atom. The summed E-state index contributed by atoms with van der Waals surface area (Å²) in [5.41, 5.74) is 1.53. The van der Waals surface area contributed by atoms with Gasteiger partial charge in [-0.05, 0) is 56.1 Å². The minimum absolute atomic E-state index is 0. The van der Waals surface area contributed by atoms with Crippen LogP contribution in [-0.2, 0) is 16.0 Å². The lowest BCUT2D eigenvalue weighted by Crippen LogP contribution is -2.33.